The van der Waals surface area contributed by atoms with E-state index in [-0.39, 0.29) is 6.61 Å². The largest absolute Gasteiger partial charge is 0.443 e. The number of ether oxygens (including phenoxy) is 1. The van der Waals surface area contributed by atoms with Gasteiger partial charge in [-0.3, -0.25) is 10.3 Å². The topological polar surface area (TPSA) is 50.7 Å². The van der Waals surface area contributed by atoms with Gasteiger partial charge in [-0.25, -0.2) is 4.79 Å². The molecule has 0 aliphatic carbocycles. The van der Waals surface area contributed by atoms with Gasteiger partial charge in [0.05, 0.1) is 5.71 Å². The fraction of sp³-hybridized carbons (Fsp3) is 0.231. The summed E-state index contributed by atoms with van der Waals surface area (Å²) in [5.74, 6) is 0. The Kier molecular flexibility index (Phi) is 3.91. The second kappa shape index (κ2) is 5.84. The van der Waals surface area contributed by atoms with Crippen molar-refractivity contribution in [1.82, 2.24) is 0 Å². The third kappa shape index (κ3) is 3.75. The molecule has 0 bridgehead atoms. The molecule has 1 aromatic carbocycles. The van der Waals surface area contributed by atoms with Crippen LogP contribution in [-0.4, -0.2) is 25.0 Å². The van der Waals surface area contributed by atoms with E-state index in [4.69, 9.17) is 4.74 Å². The lowest BCUT2D eigenvalue weighted by molar-refractivity contribution is 0.178. The van der Waals surface area contributed by atoms with Crippen molar-refractivity contribution in [2.75, 3.05) is 18.5 Å². The van der Waals surface area contributed by atoms with Crippen molar-refractivity contribution in [3.05, 3.63) is 42.5 Å². The number of hydrogen-bond donors (Lipinski definition) is 1. The van der Waals surface area contributed by atoms with Crippen LogP contribution in [0.4, 0.5) is 10.5 Å². The van der Waals surface area contributed by atoms with E-state index in [2.05, 4.69) is 10.3 Å². The quantitative estimate of drug-likeness (QED) is 0.867. The van der Waals surface area contributed by atoms with Gasteiger partial charge in [0.15, 0.2) is 0 Å². The van der Waals surface area contributed by atoms with Crippen molar-refractivity contribution in [1.29, 1.82) is 0 Å². The lowest BCUT2D eigenvalue weighted by atomic mass is 10.2. The van der Waals surface area contributed by atoms with E-state index < -0.39 is 6.09 Å². The number of para-hydroxylation sites is 1. The lowest BCUT2D eigenvalue weighted by Gasteiger charge is -2.08. The Bertz CT molecular complexity index is 438. The van der Waals surface area contributed by atoms with Gasteiger partial charge in [0.25, 0.3) is 0 Å². The van der Waals surface area contributed by atoms with Crippen LogP contribution < -0.4 is 5.32 Å². The molecule has 2 rings (SSSR count). The average molecular weight is 230 g/mol. The molecule has 1 N–H and O–H groups in total. The Hall–Kier alpha value is -2.10. The van der Waals surface area contributed by atoms with Gasteiger partial charge in [-0.15, -0.1) is 0 Å². The number of nitrogens with zero attached hydrogens (tertiary/aromatic N) is 1. The van der Waals surface area contributed by atoms with Crippen LogP contribution in [0.25, 0.3) is 0 Å². The minimum Gasteiger partial charge on any atom is -0.443 e. The average Bonchev–Trinajstić information content (AvgIpc) is 2.39. The number of aliphatic imine (C=N–C) groups is 1. The van der Waals surface area contributed by atoms with Crippen LogP contribution in [0.2, 0.25) is 0 Å². The van der Waals surface area contributed by atoms with E-state index in [1.54, 1.807) is 12.1 Å². The first-order chi connectivity index (χ1) is 8.34. The highest BCUT2D eigenvalue weighted by Crippen LogP contribution is 2.05. The summed E-state index contributed by atoms with van der Waals surface area (Å²) in [7, 11) is 0. The van der Waals surface area contributed by atoms with Crippen molar-refractivity contribution in [3.63, 3.8) is 0 Å². The molecular formula is C13H14N2O2. The molecule has 88 valence electrons. The number of carbonyl (C=O) groups is 1. The molecule has 1 aliphatic rings. The predicted molar refractivity (Wildman–Crippen MR) is 67.5 cm³/mol. The lowest BCUT2D eigenvalue weighted by Crippen LogP contribution is -2.18. The van der Waals surface area contributed by atoms with Gasteiger partial charge >= 0.3 is 6.09 Å². The summed E-state index contributed by atoms with van der Waals surface area (Å²) in [6.45, 7) is 0.991. The third-order valence-electron chi connectivity index (χ3n) is 2.29. The van der Waals surface area contributed by atoms with E-state index >= 15 is 0 Å². The zero-order valence-corrected chi connectivity index (χ0v) is 9.43. The Balaban J connectivity index is 1.78. The smallest absolute Gasteiger partial charge is 0.412 e. The zero-order valence-electron chi connectivity index (χ0n) is 9.43. The normalized spacial score (nSPS) is 14.0. The van der Waals surface area contributed by atoms with E-state index in [1.807, 2.05) is 30.4 Å². The summed E-state index contributed by atoms with van der Waals surface area (Å²) in [5.41, 5.74) is 1.53. The number of carbonyl (C=O) groups excluding carboxylic acids is 1. The molecule has 1 aliphatic heterocycles. The number of hydrogen-bond acceptors (Lipinski definition) is 3. The molecule has 1 aromatic rings. The molecule has 1 amide bonds. The molecule has 0 fully saturated rings. The van der Waals surface area contributed by atoms with E-state index in [0.29, 0.717) is 0 Å². The van der Waals surface area contributed by atoms with Crippen molar-refractivity contribution in [2.24, 2.45) is 4.99 Å². The Labute approximate surface area is 100 Å². The summed E-state index contributed by atoms with van der Waals surface area (Å²) in [6, 6.07) is 9.20. The van der Waals surface area contributed by atoms with Crippen LogP contribution in [-0.2, 0) is 4.74 Å². The molecule has 0 saturated heterocycles. The van der Waals surface area contributed by atoms with E-state index in [9.17, 15) is 4.79 Å². The second-order valence-corrected chi connectivity index (χ2v) is 3.63. The van der Waals surface area contributed by atoms with Crippen molar-refractivity contribution >= 4 is 17.5 Å². The molecule has 0 spiro atoms. The third-order valence-corrected chi connectivity index (χ3v) is 2.29. The maximum absolute atomic E-state index is 11.4. The first-order valence-corrected chi connectivity index (χ1v) is 5.53. The molecule has 4 nitrogen and oxygen atoms in total. The molecule has 1 heterocycles. The maximum Gasteiger partial charge on any atom is 0.412 e. The first kappa shape index (κ1) is 11.4. The fourth-order valence-electron chi connectivity index (χ4n) is 1.46. The van der Waals surface area contributed by atoms with Crippen molar-refractivity contribution in [2.45, 2.75) is 6.42 Å². The SMILES string of the molecule is O=C(Nc1ccccc1)OCC1=NCCC=C1. The van der Waals surface area contributed by atoms with Crippen molar-refractivity contribution in [3.8, 4) is 0 Å². The number of rotatable bonds is 3. The van der Waals surface area contributed by atoms with Gasteiger partial charge in [0, 0.05) is 12.2 Å². The Morgan fingerprint density at radius 3 is 2.88 bits per heavy atom. The highest BCUT2D eigenvalue weighted by Gasteiger charge is 2.05. The summed E-state index contributed by atoms with van der Waals surface area (Å²) in [5, 5.41) is 2.64. The van der Waals surface area contributed by atoms with Crippen LogP contribution >= 0.6 is 0 Å². The molecule has 0 saturated carbocycles. The summed E-state index contributed by atoms with van der Waals surface area (Å²) in [4.78, 5) is 15.7. The molecule has 0 aromatic heterocycles. The number of anilines is 1. The highest BCUT2D eigenvalue weighted by molar-refractivity contribution is 5.98. The Morgan fingerprint density at radius 2 is 2.18 bits per heavy atom. The number of nitrogens with one attached hydrogen (secondary N) is 1. The summed E-state index contributed by atoms with van der Waals surface area (Å²) < 4.78 is 5.05. The fourth-order valence-corrected chi connectivity index (χ4v) is 1.46. The molecular weight excluding hydrogens is 216 g/mol. The van der Waals surface area contributed by atoms with Crippen LogP contribution in [0, 0.1) is 0 Å². The van der Waals surface area contributed by atoms with Gasteiger partial charge in [-0.2, -0.15) is 0 Å². The standard InChI is InChI=1S/C13H14N2O2/c16-13(15-11-6-2-1-3-7-11)17-10-12-8-4-5-9-14-12/h1-4,6-8H,5,9-10H2,(H,15,16). The molecule has 0 radical (unpaired) electrons. The predicted octanol–water partition coefficient (Wildman–Crippen LogP) is 2.64. The molecule has 0 atom stereocenters. The minimum atomic E-state index is -0.460. The zero-order chi connectivity index (χ0) is 11.9. The van der Waals surface area contributed by atoms with Gasteiger partial charge in [-0.05, 0) is 24.6 Å². The number of benzene rings is 1. The summed E-state index contributed by atoms with van der Waals surface area (Å²) in [6.07, 6.45) is 4.41. The van der Waals surface area contributed by atoms with Crippen LogP contribution in [0.15, 0.2) is 47.5 Å². The van der Waals surface area contributed by atoms with Gasteiger partial charge in [0.1, 0.15) is 6.61 Å². The Morgan fingerprint density at radius 1 is 1.35 bits per heavy atom. The second-order valence-electron chi connectivity index (χ2n) is 3.63. The van der Waals surface area contributed by atoms with Crippen LogP contribution in [0.3, 0.4) is 0 Å². The van der Waals surface area contributed by atoms with E-state index in [1.165, 1.54) is 0 Å². The van der Waals surface area contributed by atoms with Crippen LogP contribution in [0.5, 0.6) is 0 Å². The summed E-state index contributed by atoms with van der Waals surface area (Å²) >= 11 is 0. The van der Waals surface area contributed by atoms with Crippen LogP contribution in [0.1, 0.15) is 6.42 Å². The van der Waals surface area contributed by atoms with Gasteiger partial charge in [0.2, 0.25) is 0 Å². The minimum absolute atomic E-state index is 0.217. The highest BCUT2D eigenvalue weighted by atomic mass is 16.5. The monoisotopic (exact) mass is 230 g/mol. The van der Waals surface area contributed by atoms with Crippen molar-refractivity contribution < 1.29 is 9.53 Å². The number of dihydropyridines is 1. The number of amides is 1. The first-order valence-electron chi connectivity index (χ1n) is 5.53. The van der Waals surface area contributed by atoms with Gasteiger partial charge in [-0.1, -0.05) is 24.3 Å². The maximum atomic E-state index is 11.4. The van der Waals surface area contributed by atoms with E-state index in [0.717, 1.165) is 24.4 Å². The molecule has 17 heavy (non-hydrogen) atoms. The molecule has 0 unspecified atom stereocenters. The van der Waals surface area contributed by atoms with Gasteiger partial charge < -0.3 is 4.74 Å². The molecule has 4 heteroatoms.